The van der Waals surface area contributed by atoms with Crippen molar-refractivity contribution < 1.29 is 14.4 Å². The van der Waals surface area contributed by atoms with E-state index in [0.29, 0.717) is 11.8 Å². The number of nitrogens with two attached hydrogens (primary N) is 1. The largest absolute Gasteiger partial charge is 0.477 e. The van der Waals surface area contributed by atoms with E-state index in [0.717, 1.165) is 73.1 Å². The summed E-state index contributed by atoms with van der Waals surface area (Å²) < 4.78 is 5.94. The molecule has 5 N–H and O–H groups in total. The molecule has 1 unspecified atom stereocenters. The summed E-state index contributed by atoms with van der Waals surface area (Å²) >= 11 is 0. The number of hydrogen-bond donors (Lipinski definition) is 4. The van der Waals surface area contributed by atoms with Gasteiger partial charge in [-0.3, -0.25) is 15.1 Å². The van der Waals surface area contributed by atoms with Crippen LogP contribution in [0.3, 0.4) is 0 Å². The number of amides is 1. The number of aryl methyl sites for hydroxylation is 1. The molecule has 2 saturated heterocycles. The fourth-order valence-electron chi connectivity index (χ4n) is 4.32. The molecule has 2 aliphatic rings. The number of hydroxylamine groups is 1. The number of ether oxygens (including phenoxy) is 1. The molecule has 2 aromatic rings. The summed E-state index contributed by atoms with van der Waals surface area (Å²) in [4.78, 5) is 28.2. The lowest BCUT2D eigenvalue weighted by Crippen LogP contribution is -2.30. The van der Waals surface area contributed by atoms with E-state index < -0.39 is 0 Å². The van der Waals surface area contributed by atoms with Crippen LogP contribution in [0.5, 0.6) is 5.88 Å². The molecule has 1 aromatic heterocycles. The molecule has 1 aromatic carbocycles. The zero-order valence-electron chi connectivity index (χ0n) is 24.2. The minimum absolute atomic E-state index is 0.0675. The standard InChI is InChI=1S/C29H40N6O2.CH3NO/c1-6-24(22-7-9-23(10-8-22)34-27-17-26(37-35-27)29(3,4)5)31-19-32-25-11-12-28(33-20(25)2)36-18-21-13-15-30-16-14-21;2-1-3/h6-12,19,21,26,30H,13-18H2,1-5H3,(H,31,32)(H,34,35);1H,(H2,2,3)/b24-6-;. The monoisotopic (exact) mass is 549 g/mol. The third-order valence-electron chi connectivity index (χ3n) is 6.77. The highest BCUT2D eigenvalue weighted by Gasteiger charge is 2.32. The number of amidine groups is 1. The molecule has 1 atom stereocenters. The number of pyridine rings is 1. The highest BCUT2D eigenvalue weighted by molar-refractivity contribution is 5.86. The van der Waals surface area contributed by atoms with Crippen molar-refractivity contribution in [1.29, 1.82) is 0 Å². The molecule has 10 heteroatoms. The van der Waals surface area contributed by atoms with E-state index in [1.807, 2.05) is 56.3 Å². The molecule has 2 aliphatic heterocycles. The summed E-state index contributed by atoms with van der Waals surface area (Å²) in [6, 6.07) is 12.0. The van der Waals surface area contributed by atoms with Gasteiger partial charge in [0.1, 0.15) is 5.84 Å². The van der Waals surface area contributed by atoms with Crippen LogP contribution in [-0.4, -0.2) is 49.4 Å². The minimum atomic E-state index is 0.0675. The first-order valence-electron chi connectivity index (χ1n) is 13.7. The van der Waals surface area contributed by atoms with Crippen molar-refractivity contribution in [3.05, 3.63) is 53.7 Å². The van der Waals surface area contributed by atoms with E-state index in [-0.39, 0.29) is 17.9 Å². The van der Waals surface area contributed by atoms with Gasteiger partial charge in [-0.1, -0.05) is 39.0 Å². The Labute approximate surface area is 237 Å². The van der Waals surface area contributed by atoms with Crippen LogP contribution in [0, 0.1) is 18.3 Å². The lowest BCUT2D eigenvalue weighted by molar-refractivity contribution is -0.106. The smallest absolute Gasteiger partial charge is 0.213 e. The number of nitrogens with one attached hydrogen (secondary N) is 3. The van der Waals surface area contributed by atoms with Crippen molar-refractivity contribution in [2.75, 3.05) is 25.0 Å². The first-order chi connectivity index (χ1) is 19.2. The van der Waals surface area contributed by atoms with E-state index in [4.69, 9.17) is 19.4 Å². The Morgan fingerprint density at radius 3 is 2.50 bits per heavy atom. The Morgan fingerprint density at radius 1 is 1.20 bits per heavy atom. The van der Waals surface area contributed by atoms with Gasteiger partial charge in [0.25, 0.3) is 0 Å². The molecular weight excluding hydrogens is 506 g/mol. The van der Waals surface area contributed by atoms with Crippen LogP contribution in [0.4, 0.5) is 11.4 Å². The van der Waals surface area contributed by atoms with Crippen LogP contribution < -0.4 is 26.6 Å². The van der Waals surface area contributed by atoms with Crippen LogP contribution in [0.2, 0.25) is 0 Å². The minimum Gasteiger partial charge on any atom is -0.477 e. The number of nitrogens with zero attached hydrogens (tertiary/aromatic N) is 3. The predicted octanol–water partition coefficient (Wildman–Crippen LogP) is 4.74. The first-order valence-corrected chi connectivity index (χ1v) is 13.7. The number of piperidine rings is 1. The van der Waals surface area contributed by atoms with Gasteiger partial charge in [-0.2, -0.15) is 0 Å². The van der Waals surface area contributed by atoms with Gasteiger partial charge in [0.15, 0.2) is 0 Å². The maximum atomic E-state index is 8.58. The molecule has 0 aliphatic carbocycles. The summed E-state index contributed by atoms with van der Waals surface area (Å²) in [5.41, 5.74) is 11.8. The predicted molar refractivity (Wildman–Crippen MR) is 162 cm³/mol. The number of carbonyl (C=O) groups is 1. The Kier molecular flexibility index (Phi) is 11.6. The van der Waals surface area contributed by atoms with Gasteiger partial charge >= 0.3 is 0 Å². The van der Waals surface area contributed by atoms with Crippen LogP contribution in [0.25, 0.3) is 5.70 Å². The molecule has 40 heavy (non-hydrogen) atoms. The van der Waals surface area contributed by atoms with Crippen molar-refractivity contribution in [1.82, 2.24) is 15.8 Å². The normalized spacial score (nSPS) is 19.2. The molecule has 216 valence electrons. The summed E-state index contributed by atoms with van der Waals surface area (Å²) in [5.74, 6) is 2.13. The molecule has 2 fully saturated rings. The average molecular weight is 550 g/mol. The van der Waals surface area contributed by atoms with Gasteiger partial charge < -0.3 is 21.1 Å². The molecule has 0 saturated carbocycles. The number of anilines is 1. The van der Waals surface area contributed by atoms with Crippen LogP contribution >= 0.6 is 0 Å². The lowest BCUT2D eigenvalue weighted by Gasteiger charge is -2.23. The number of allylic oxidation sites excluding steroid dienone is 1. The average Bonchev–Trinajstić information content (AvgIpc) is 3.42. The summed E-state index contributed by atoms with van der Waals surface area (Å²) in [7, 11) is 0. The highest BCUT2D eigenvalue weighted by Crippen LogP contribution is 2.28. The summed E-state index contributed by atoms with van der Waals surface area (Å²) in [5, 5.41) is 6.64. The van der Waals surface area contributed by atoms with Gasteiger partial charge in [-0.05, 0) is 74.9 Å². The van der Waals surface area contributed by atoms with E-state index >= 15 is 0 Å². The Morgan fingerprint density at radius 2 is 1.90 bits per heavy atom. The van der Waals surface area contributed by atoms with Crippen molar-refractivity contribution >= 4 is 35.7 Å². The molecule has 4 rings (SSSR count). The Hall–Kier alpha value is -3.76. The number of carbonyl (C=O) groups excluding carboxylic acids is 1. The maximum absolute atomic E-state index is 8.58. The number of primary amides is 1. The van der Waals surface area contributed by atoms with E-state index in [2.05, 4.69) is 52.6 Å². The molecule has 0 bridgehead atoms. The lowest BCUT2D eigenvalue weighted by atomic mass is 9.87. The Bertz CT molecular complexity index is 1180. The van der Waals surface area contributed by atoms with Gasteiger partial charge in [-0.25, -0.2) is 15.0 Å². The van der Waals surface area contributed by atoms with Gasteiger partial charge in [0.05, 0.1) is 41.8 Å². The molecule has 1 amide bonds. The van der Waals surface area contributed by atoms with E-state index in [1.165, 1.54) is 0 Å². The van der Waals surface area contributed by atoms with Crippen molar-refractivity contribution in [2.24, 2.45) is 27.1 Å². The fourth-order valence-corrected chi connectivity index (χ4v) is 4.32. The van der Waals surface area contributed by atoms with Crippen molar-refractivity contribution in [2.45, 2.75) is 60.0 Å². The third-order valence-corrected chi connectivity index (χ3v) is 6.77. The molecule has 0 radical (unpaired) electrons. The Balaban J connectivity index is 0.00000141. The van der Waals surface area contributed by atoms with Gasteiger partial charge in [-0.15, -0.1) is 0 Å². The number of benzene rings is 1. The zero-order valence-corrected chi connectivity index (χ0v) is 24.2. The summed E-state index contributed by atoms with van der Waals surface area (Å²) in [6.45, 7) is 13.3. The second-order valence-electron chi connectivity index (χ2n) is 10.9. The maximum Gasteiger partial charge on any atom is 0.213 e. The van der Waals surface area contributed by atoms with Crippen LogP contribution in [0.15, 0.2) is 52.5 Å². The van der Waals surface area contributed by atoms with Crippen LogP contribution in [0.1, 0.15) is 58.2 Å². The van der Waals surface area contributed by atoms with Crippen LogP contribution in [-0.2, 0) is 9.63 Å². The molecule has 3 heterocycles. The quantitative estimate of drug-likeness (QED) is 0.212. The second kappa shape index (κ2) is 15.1. The SMILES string of the molecule is C/C=C(\N=CNc1ccc(OCC2CCNCC2)nc1C)c1ccc(N=C2CC(C(C)(C)C)ON2)cc1.NC=O. The molecule has 10 nitrogen and oxygen atoms in total. The zero-order chi connectivity index (χ0) is 29.0. The van der Waals surface area contributed by atoms with Crippen molar-refractivity contribution in [3.63, 3.8) is 0 Å². The summed E-state index contributed by atoms with van der Waals surface area (Å²) in [6.07, 6.45) is 7.15. The molecule has 0 spiro atoms. The van der Waals surface area contributed by atoms with E-state index in [1.54, 1.807) is 6.34 Å². The van der Waals surface area contributed by atoms with Gasteiger partial charge in [0, 0.05) is 12.5 Å². The fraction of sp³-hybridized carbons (Fsp3) is 0.467. The number of aliphatic imine (C=N–C) groups is 2. The highest BCUT2D eigenvalue weighted by atomic mass is 16.7. The second-order valence-corrected chi connectivity index (χ2v) is 10.9. The number of rotatable bonds is 8. The number of hydrogen-bond acceptors (Lipinski definition) is 7. The third kappa shape index (κ3) is 9.46. The number of aromatic nitrogens is 1. The van der Waals surface area contributed by atoms with Crippen molar-refractivity contribution in [3.8, 4) is 5.88 Å². The molecular formula is C30H43N7O3. The van der Waals surface area contributed by atoms with Gasteiger partial charge in [0.2, 0.25) is 12.3 Å². The first kappa shape index (κ1) is 30.8. The topological polar surface area (TPSA) is 135 Å². The van der Waals surface area contributed by atoms with E-state index in [9.17, 15) is 0 Å².